The maximum absolute atomic E-state index is 10.9. The SMILES string of the molecule is O=C(O)N1CC=C(c2ccc(-c3ncccn3)cc2)CC1. The van der Waals surface area contributed by atoms with Crippen LogP contribution in [-0.2, 0) is 0 Å². The van der Waals surface area contributed by atoms with Crippen LogP contribution in [0.25, 0.3) is 17.0 Å². The molecule has 1 aliphatic heterocycles. The van der Waals surface area contributed by atoms with Crippen molar-refractivity contribution in [3.8, 4) is 11.4 Å². The lowest BCUT2D eigenvalue weighted by atomic mass is 9.98. The maximum atomic E-state index is 10.9. The minimum Gasteiger partial charge on any atom is -0.465 e. The molecule has 3 rings (SSSR count). The Hall–Kier alpha value is -2.69. The largest absolute Gasteiger partial charge is 0.465 e. The molecule has 1 aromatic carbocycles. The number of benzene rings is 1. The zero-order valence-electron chi connectivity index (χ0n) is 11.4. The number of aromatic nitrogens is 2. The highest BCUT2D eigenvalue weighted by Crippen LogP contribution is 2.24. The van der Waals surface area contributed by atoms with Crippen LogP contribution in [0.15, 0.2) is 48.8 Å². The average molecular weight is 281 g/mol. The molecule has 0 atom stereocenters. The molecule has 5 heteroatoms. The summed E-state index contributed by atoms with van der Waals surface area (Å²) >= 11 is 0. The Labute approximate surface area is 122 Å². The molecule has 0 spiro atoms. The normalized spacial score (nSPS) is 14.7. The molecule has 1 N–H and O–H groups in total. The molecule has 0 bridgehead atoms. The highest BCUT2D eigenvalue weighted by Gasteiger charge is 2.16. The van der Waals surface area contributed by atoms with Crippen LogP contribution >= 0.6 is 0 Å². The Kier molecular flexibility index (Phi) is 3.64. The summed E-state index contributed by atoms with van der Waals surface area (Å²) < 4.78 is 0. The molecule has 1 aliphatic rings. The Morgan fingerprint density at radius 3 is 2.33 bits per heavy atom. The third-order valence-electron chi connectivity index (χ3n) is 3.56. The first-order valence-electron chi connectivity index (χ1n) is 6.79. The van der Waals surface area contributed by atoms with Gasteiger partial charge in [-0.3, -0.25) is 0 Å². The quantitative estimate of drug-likeness (QED) is 0.919. The second kappa shape index (κ2) is 5.75. The molecule has 0 saturated carbocycles. The van der Waals surface area contributed by atoms with Crippen molar-refractivity contribution in [2.45, 2.75) is 6.42 Å². The Bertz CT molecular complexity index is 666. The van der Waals surface area contributed by atoms with Crippen molar-refractivity contribution in [2.24, 2.45) is 0 Å². The van der Waals surface area contributed by atoms with E-state index in [1.807, 2.05) is 30.3 Å². The van der Waals surface area contributed by atoms with E-state index in [-0.39, 0.29) is 0 Å². The molecule has 2 aromatic rings. The Morgan fingerprint density at radius 2 is 1.76 bits per heavy atom. The van der Waals surface area contributed by atoms with E-state index in [1.165, 1.54) is 10.5 Å². The smallest absolute Gasteiger partial charge is 0.407 e. The first kappa shape index (κ1) is 13.3. The molecular weight excluding hydrogens is 266 g/mol. The van der Waals surface area contributed by atoms with Crippen LogP contribution in [-0.4, -0.2) is 39.2 Å². The summed E-state index contributed by atoms with van der Waals surface area (Å²) in [5, 5.41) is 8.94. The van der Waals surface area contributed by atoms with Gasteiger partial charge in [0.25, 0.3) is 0 Å². The number of nitrogens with zero attached hydrogens (tertiary/aromatic N) is 3. The zero-order valence-corrected chi connectivity index (χ0v) is 11.4. The molecule has 0 fully saturated rings. The fourth-order valence-corrected chi connectivity index (χ4v) is 2.39. The lowest BCUT2D eigenvalue weighted by Crippen LogP contribution is -2.33. The van der Waals surface area contributed by atoms with E-state index in [0.717, 1.165) is 17.5 Å². The summed E-state index contributed by atoms with van der Waals surface area (Å²) in [7, 11) is 0. The van der Waals surface area contributed by atoms with Crippen LogP contribution in [0, 0.1) is 0 Å². The molecule has 2 heterocycles. The van der Waals surface area contributed by atoms with E-state index in [4.69, 9.17) is 5.11 Å². The minimum absolute atomic E-state index is 0.453. The topological polar surface area (TPSA) is 66.3 Å². The average Bonchev–Trinajstić information content (AvgIpc) is 2.56. The molecule has 1 amide bonds. The number of hydrogen-bond acceptors (Lipinski definition) is 3. The van der Waals surface area contributed by atoms with Crippen molar-refractivity contribution in [3.05, 3.63) is 54.4 Å². The van der Waals surface area contributed by atoms with Gasteiger partial charge in [-0.2, -0.15) is 0 Å². The van der Waals surface area contributed by atoms with E-state index in [0.29, 0.717) is 18.9 Å². The summed E-state index contributed by atoms with van der Waals surface area (Å²) in [4.78, 5) is 20.7. The van der Waals surface area contributed by atoms with Gasteiger partial charge in [0.1, 0.15) is 0 Å². The van der Waals surface area contributed by atoms with Crippen molar-refractivity contribution in [3.63, 3.8) is 0 Å². The third kappa shape index (κ3) is 2.91. The first-order valence-corrected chi connectivity index (χ1v) is 6.79. The number of hydrogen-bond donors (Lipinski definition) is 1. The minimum atomic E-state index is -0.859. The summed E-state index contributed by atoms with van der Waals surface area (Å²) in [6.45, 7) is 0.999. The lowest BCUT2D eigenvalue weighted by Gasteiger charge is -2.23. The van der Waals surface area contributed by atoms with E-state index in [9.17, 15) is 4.79 Å². The predicted octanol–water partition coefficient (Wildman–Crippen LogP) is 2.91. The van der Waals surface area contributed by atoms with Crippen molar-refractivity contribution in [1.82, 2.24) is 14.9 Å². The first-order chi connectivity index (χ1) is 10.2. The van der Waals surface area contributed by atoms with Gasteiger partial charge in [-0.15, -0.1) is 0 Å². The van der Waals surface area contributed by atoms with Crippen LogP contribution in [0.3, 0.4) is 0 Å². The van der Waals surface area contributed by atoms with Gasteiger partial charge >= 0.3 is 6.09 Å². The third-order valence-corrected chi connectivity index (χ3v) is 3.56. The number of carboxylic acid groups (broad SMARTS) is 1. The zero-order chi connectivity index (χ0) is 14.7. The molecular formula is C16H15N3O2. The van der Waals surface area contributed by atoms with E-state index >= 15 is 0 Å². The van der Waals surface area contributed by atoms with Gasteiger partial charge in [0.15, 0.2) is 5.82 Å². The molecule has 1 aromatic heterocycles. The summed E-state index contributed by atoms with van der Waals surface area (Å²) in [6, 6.07) is 9.85. The number of carbonyl (C=O) groups is 1. The van der Waals surface area contributed by atoms with Crippen LogP contribution in [0.2, 0.25) is 0 Å². The van der Waals surface area contributed by atoms with Gasteiger partial charge in [-0.25, -0.2) is 14.8 Å². The van der Waals surface area contributed by atoms with Crippen molar-refractivity contribution in [1.29, 1.82) is 0 Å². The highest BCUT2D eigenvalue weighted by atomic mass is 16.4. The van der Waals surface area contributed by atoms with Gasteiger partial charge in [-0.1, -0.05) is 30.3 Å². The van der Waals surface area contributed by atoms with E-state index in [2.05, 4.69) is 9.97 Å². The monoisotopic (exact) mass is 281 g/mol. The number of rotatable bonds is 2. The second-order valence-electron chi connectivity index (χ2n) is 4.86. The standard InChI is InChI=1S/C16H15N3O2/c20-16(21)19-10-6-13(7-11-19)12-2-4-14(5-3-12)15-17-8-1-9-18-15/h1-6,8-9H,7,10-11H2,(H,20,21). The molecule has 0 saturated heterocycles. The molecule has 0 aliphatic carbocycles. The van der Waals surface area contributed by atoms with Crippen LogP contribution in [0.5, 0.6) is 0 Å². The fourth-order valence-electron chi connectivity index (χ4n) is 2.39. The van der Waals surface area contributed by atoms with Gasteiger partial charge in [0.05, 0.1) is 0 Å². The summed E-state index contributed by atoms with van der Waals surface area (Å²) in [5.74, 6) is 0.707. The van der Waals surface area contributed by atoms with E-state index in [1.54, 1.807) is 18.5 Å². The molecule has 21 heavy (non-hydrogen) atoms. The van der Waals surface area contributed by atoms with Gasteiger partial charge in [0, 0.05) is 31.0 Å². The van der Waals surface area contributed by atoms with Gasteiger partial charge < -0.3 is 10.0 Å². The summed E-state index contributed by atoms with van der Waals surface area (Å²) in [6.07, 6.45) is 5.31. The van der Waals surface area contributed by atoms with Crippen LogP contribution < -0.4 is 0 Å². The Morgan fingerprint density at radius 1 is 1.10 bits per heavy atom. The second-order valence-corrected chi connectivity index (χ2v) is 4.86. The predicted molar refractivity (Wildman–Crippen MR) is 79.7 cm³/mol. The number of amides is 1. The van der Waals surface area contributed by atoms with E-state index < -0.39 is 6.09 Å². The van der Waals surface area contributed by atoms with Gasteiger partial charge in [0.2, 0.25) is 0 Å². The molecule has 5 nitrogen and oxygen atoms in total. The van der Waals surface area contributed by atoms with Gasteiger partial charge in [-0.05, 0) is 23.6 Å². The lowest BCUT2D eigenvalue weighted by molar-refractivity contribution is 0.150. The highest BCUT2D eigenvalue weighted by molar-refractivity contribution is 5.72. The molecule has 106 valence electrons. The van der Waals surface area contributed by atoms with Crippen molar-refractivity contribution >= 4 is 11.7 Å². The van der Waals surface area contributed by atoms with Crippen LogP contribution in [0.4, 0.5) is 4.79 Å². The molecule has 0 unspecified atom stereocenters. The molecule has 0 radical (unpaired) electrons. The Balaban J connectivity index is 1.78. The van der Waals surface area contributed by atoms with Crippen LogP contribution in [0.1, 0.15) is 12.0 Å². The van der Waals surface area contributed by atoms with Crippen molar-refractivity contribution < 1.29 is 9.90 Å². The fraction of sp³-hybridized carbons (Fsp3) is 0.188. The summed E-state index contributed by atoms with van der Waals surface area (Å²) in [5.41, 5.74) is 3.29. The van der Waals surface area contributed by atoms with Crippen molar-refractivity contribution in [2.75, 3.05) is 13.1 Å². The maximum Gasteiger partial charge on any atom is 0.407 e.